The number of amides is 2. The molecule has 0 spiro atoms. The van der Waals surface area contributed by atoms with Gasteiger partial charge in [0.15, 0.2) is 10.8 Å². The van der Waals surface area contributed by atoms with Gasteiger partial charge < -0.3 is 33.7 Å². The minimum atomic E-state index is -0.949. The maximum atomic E-state index is 14.6. The van der Waals surface area contributed by atoms with Crippen LogP contribution in [0.5, 0.6) is 5.75 Å². The molecule has 7 rings (SSSR count). The van der Waals surface area contributed by atoms with Crippen LogP contribution in [0, 0.1) is 17.3 Å². The molecule has 4 aliphatic rings. The summed E-state index contributed by atoms with van der Waals surface area (Å²) in [5, 5.41) is 11.7. The number of hydrogen-bond donors (Lipinski definition) is 2. The molecular formula is C42H53BN4O10S. The van der Waals surface area contributed by atoms with Crippen LogP contribution in [-0.2, 0) is 41.4 Å². The van der Waals surface area contributed by atoms with Crippen molar-refractivity contribution in [2.24, 2.45) is 22.4 Å². The van der Waals surface area contributed by atoms with E-state index in [0.29, 0.717) is 17.8 Å². The van der Waals surface area contributed by atoms with Gasteiger partial charge in [0.2, 0.25) is 0 Å². The average Bonchev–Trinajstić information content (AvgIpc) is 3.75. The van der Waals surface area contributed by atoms with Gasteiger partial charge in [-0.05, 0) is 108 Å². The first-order chi connectivity index (χ1) is 27.2. The molecule has 1 aromatic heterocycles. The number of thiazole rings is 1. The van der Waals surface area contributed by atoms with Gasteiger partial charge in [-0.1, -0.05) is 49.3 Å². The number of methoxy groups -OCH3 is 1. The van der Waals surface area contributed by atoms with Crippen LogP contribution in [0.3, 0.4) is 0 Å². The second-order valence-electron chi connectivity index (χ2n) is 17.9. The Kier molecular flexibility index (Phi) is 12.1. The molecule has 1 unspecified atom stereocenters. The van der Waals surface area contributed by atoms with Crippen molar-refractivity contribution < 1.29 is 47.5 Å². The minimum Gasteiger partial charge on any atom is -0.496 e. The van der Waals surface area contributed by atoms with Crippen LogP contribution >= 0.6 is 11.3 Å². The lowest BCUT2D eigenvalue weighted by Crippen LogP contribution is -2.65. The summed E-state index contributed by atoms with van der Waals surface area (Å²) in [6.45, 7) is 17.1. The van der Waals surface area contributed by atoms with Crippen molar-refractivity contribution in [3.63, 3.8) is 0 Å². The molecule has 3 aromatic rings. The third-order valence-corrected chi connectivity index (χ3v) is 11.8. The van der Waals surface area contributed by atoms with Gasteiger partial charge in [-0.25, -0.2) is 14.6 Å². The summed E-state index contributed by atoms with van der Waals surface area (Å²) < 4.78 is 30.5. The predicted molar refractivity (Wildman–Crippen MR) is 219 cm³/mol. The first-order valence-corrected chi connectivity index (χ1v) is 20.3. The predicted octanol–water partition coefficient (Wildman–Crippen LogP) is 7.18. The number of oxime groups is 1. The smallest absolute Gasteiger partial charge is 0.482 e. The Morgan fingerprint density at radius 1 is 1.05 bits per heavy atom. The highest BCUT2D eigenvalue weighted by Crippen LogP contribution is 2.65. The summed E-state index contributed by atoms with van der Waals surface area (Å²) >= 11 is 1.08. The van der Waals surface area contributed by atoms with Crippen LogP contribution in [0.15, 0.2) is 53.0 Å². The van der Waals surface area contributed by atoms with Crippen molar-refractivity contribution in [2.45, 2.75) is 117 Å². The number of nitrogens with zero attached hydrogens (tertiary/aromatic N) is 2. The first-order valence-electron chi connectivity index (χ1n) is 19.4. The van der Waals surface area contributed by atoms with Crippen molar-refractivity contribution in [1.29, 1.82) is 0 Å². The Labute approximate surface area is 343 Å². The monoisotopic (exact) mass is 816 g/mol. The maximum Gasteiger partial charge on any atom is 0.482 e. The number of rotatable bonds is 13. The quantitative estimate of drug-likeness (QED) is 0.0588. The van der Waals surface area contributed by atoms with E-state index in [1.165, 1.54) is 13.2 Å². The van der Waals surface area contributed by atoms with Gasteiger partial charge in [0.05, 0.1) is 24.8 Å². The highest BCUT2D eigenvalue weighted by atomic mass is 32.1. The van der Waals surface area contributed by atoms with Crippen LogP contribution in [0.4, 0.5) is 9.93 Å². The van der Waals surface area contributed by atoms with Crippen LogP contribution < -0.4 is 15.4 Å². The molecule has 2 N–H and O–H groups in total. The van der Waals surface area contributed by atoms with E-state index in [2.05, 4.69) is 41.5 Å². The number of hydrogen-bond acceptors (Lipinski definition) is 13. The molecular weight excluding hydrogens is 763 g/mol. The summed E-state index contributed by atoms with van der Waals surface area (Å²) in [6, 6.07) is 12.4. The van der Waals surface area contributed by atoms with Crippen molar-refractivity contribution in [1.82, 2.24) is 10.3 Å². The normalized spacial score (nSPS) is 22.8. The van der Waals surface area contributed by atoms with E-state index >= 15 is 0 Å². The zero-order chi connectivity index (χ0) is 42.2. The molecule has 2 heterocycles. The molecule has 16 heteroatoms. The second kappa shape index (κ2) is 16.5. The second-order valence-corrected chi connectivity index (χ2v) is 18.7. The largest absolute Gasteiger partial charge is 0.496 e. The van der Waals surface area contributed by atoms with Gasteiger partial charge in [-0.3, -0.25) is 14.9 Å². The summed E-state index contributed by atoms with van der Waals surface area (Å²) in [7, 11) is 0.476. The fourth-order valence-corrected chi connectivity index (χ4v) is 8.88. The molecule has 3 saturated carbocycles. The molecule has 2 bridgehead atoms. The molecule has 58 heavy (non-hydrogen) atoms. The van der Waals surface area contributed by atoms with Gasteiger partial charge in [0, 0.05) is 10.9 Å². The summed E-state index contributed by atoms with van der Waals surface area (Å²) in [5.41, 5.74) is -0.663. The van der Waals surface area contributed by atoms with E-state index in [0.717, 1.165) is 29.7 Å². The van der Waals surface area contributed by atoms with E-state index in [1.54, 1.807) is 53.0 Å². The Morgan fingerprint density at radius 2 is 1.76 bits per heavy atom. The van der Waals surface area contributed by atoms with Gasteiger partial charge in [-0.15, -0.1) is 11.3 Å². The van der Waals surface area contributed by atoms with Crippen molar-refractivity contribution in [2.75, 3.05) is 12.4 Å². The van der Waals surface area contributed by atoms with Crippen molar-refractivity contribution in [3.8, 4) is 5.75 Å². The highest BCUT2D eigenvalue weighted by molar-refractivity contribution is 7.14. The third kappa shape index (κ3) is 9.40. The maximum absolute atomic E-state index is 14.6. The first kappa shape index (κ1) is 42.8. The Balaban J connectivity index is 1.36. The lowest BCUT2D eigenvalue weighted by atomic mass is 9.43. The van der Waals surface area contributed by atoms with Gasteiger partial charge in [0.1, 0.15) is 41.1 Å². The summed E-state index contributed by atoms with van der Waals surface area (Å²) in [4.78, 5) is 63.1. The van der Waals surface area contributed by atoms with Crippen LogP contribution in [0.2, 0.25) is 0 Å². The number of carbonyl (C=O) groups is 4. The van der Waals surface area contributed by atoms with Crippen LogP contribution in [0.1, 0.15) is 113 Å². The Morgan fingerprint density at radius 3 is 2.40 bits per heavy atom. The minimum absolute atomic E-state index is 0.0119. The van der Waals surface area contributed by atoms with Gasteiger partial charge in [0.25, 0.3) is 5.91 Å². The van der Waals surface area contributed by atoms with E-state index in [1.807, 2.05) is 30.3 Å². The highest BCUT2D eigenvalue weighted by Gasteiger charge is 2.68. The summed E-state index contributed by atoms with van der Waals surface area (Å²) in [6.07, 6.45) is 1.53. The number of anilines is 1. The molecule has 310 valence electrons. The van der Waals surface area contributed by atoms with Gasteiger partial charge in [-0.2, -0.15) is 0 Å². The molecule has 1 aliphatic heterocycles. The van der Waals surface area contributed by atoms with E-state index < -0.39 is 47.8 Å². The zero-order valence-electron chi connectivity index (χ0n) is 34.8. The fraction of sp³-hybridized carbons (Fsp3) is 0.524. The number of benzene rings is 2. The molecule has 1 saturated heterocycles. The van der Waals surface area contributed by atoms with Crippen LogP contribution in [0.25, 0.3) is 0 Å². The van der Waals surface area contributed by atoms with Crippen molar-refractivity contribution >= 4 is 53.6 Å². The number of aromatic nitrogens is 1. The molecule has 14 nitrogen and oxygen atoms in total. The SMILES string of the molecule is COc1c(C[C@H](NC(=O)/C(=N\OCc2ccccc2)c2csc(NC(=O)OC(C)(C)C)n2)B2OC3C[C@H]4C[C@@H](C4(C)C)[C@]3(C)O2)cc(C=O)cc1C(=O)OC(C)(C)C. The zero-order valence-corrected chi connectivity index (χ0v) is 35.6. The average molecular weight is 817 g/mol. The van der Waals surface area contributed by atoms with Crippen LogP contribution in [-0.4, -0.2) is 78.0 Å². The van der Waals surface area contributed by atoms with E-state index in [9.17, 15) is 19.2 Å². The number of carbonyl (C=O) groups excluding carboxylic acids is 4. The number of aldehydes is 1. The molecule has 3 aliphatic carbocycles. The lowest BCUT2D eigenvalue weighted by Gasteiger charge is -2.64. The number of nitrogens with one attached hydrogen (secondary N) is 2. The van der Waals surface area contributed by atoms with Gasteiger partial charge >= 0.3 is 19.2 Å². The molecule has 2 amide bonds. The molecule has 0 radical (unpaired) electrons. The Hall–Kier alpha value is -4.80. The standard InChI is InChI=1S/C42H53BN4O10S/c1-39(2,3)54-36(50)28-17-25(21-48)16-26(34(28)52-10)18-32(43-56-31-20-27-19-30(41(27,7)8)42(31,9)57-43)45-35(49)33(47-53-22-24-14-12-11-13-15-24)29-23-58-37(44-29)46-38(51)55-40(4,5)6/h11-17,21,23,27,30-32H,18-20,22H2,1-10H3,(H,45,49)(H,44,46,51)/b47-33-/t27-,30+,31?,32+,42+/m1/s1. The fourth-order valence-electron chi connectivity index (χ4n) is 8.20. The lowest BCUT2D eigenvalue weighted by molar-refractivity contribution is -0.199. The van der Waals surface area contributed by atoms with Crippen molar-refractivity contribution in [3.05, 3.63) is 75.8 Å². The van der Waals surface area contributed by atoms with E-state index in [4.69, 9.17) is 28.4 Å². The molecule has 5 atom stereocenters. The molecule has 4 fully saturated rings. The van der Waals surface area contributed by atoms with E-state index in [-0.39, 0.29) is 63.9 Å². The summed E-state index contributed by atoms with van der Waals surface area (Å²) in [5.74, 6) is -1.38. The Bertz CT molecular complexity index is 2060. The third-order valence-electron chi connectivity index (χ3n) is 11.0. The number of esters is 1. The number of ether oxygens (including phenoxy) is 3. The molecule has 2 aromatic carbocycles. The topological polar surface area (TPSA) is 173 Å².